The Labute approximate surface area is 133 Å². The van der Waals surface area contributed by atoms with Crippen LogP contribution in [0.3, 0.4) is 0 Å². The van der Waals surface area contributed by atoms with E-state index in [0.29, 0.717) is 11.6 Å². The van der Waals surface area contributed by atoms with E-state index in [1.54, 1.807) is 0 Å². The summed E-state index contributed by atoms with van der Waals surface area (Å²) in [5.74, 6) is 0. The van der Waals surface area contributed by atoms with Gasteiger partial charge >= 0.3 is 0 Å². The zero-order valence-corrected chi connectivity index (χ0v) is 14.9. The number of hydrogen-bond donors (Lipinski definition) is 1. The highest BCUT2D eigenvalue weighted by Gasteiger charge is 2.25. The van der Waals surface area contributed by atoms with Crippen molar-refractivity contribution in [3.63, 3.8) is 0 Å². The van der Waals surface area contributed by atoms with Crippen LogP contribution in [0.1, 0.15) is 97.8 Å². The van der Waals surface area contributed by atoms with Gasteiger partial charge in [-0.3, -0.25) is 0 Å². The molecule has 1 unspecified atom stereocenters. The first-order valence-corrected chi connectivity index (χ1v) is 9.57. The minimum atomic E-state index is 0.327. The van der Waals surface area contributed by atoms with Crippen molar-refractivity contribution in [1.82, 2.24) is 5.32 Å². The second-order valence-electron chi connectivity index (χ2n) is 7.20. The fourth-order valence-electron chi connectivity index (χ4n) is 3.35. The molecule has 126 valence electrons. The highest BCUT2D eigenvalue weighted by atomic mass is 16.5. The molecule has 1 aliphatic heterocycles. The summed E-state index contributed by atoms with van der Waals surface area (Å²) in [5.41, 5.74) is 0.327. The molecule has 0 spiro atoms. The zero-order valence-electron chi connectivity index (χ0n) is 14.9. The van der Waals surface area contributed by atoms with Crippen molar-refractivity contribution < 1.29 is 4.74 Å². The third kappa shape index (κ3) is 8.83. The van der Waals surface area contributed by atoms with Gasteiger partial charge in [-0.1, -0.05) is 65.2 Å². The lowest BCUT2D eigenvalue weighted by Crippen LogP contribution is -2.45. The lowest BCUT2D eigenvalue weighted by Gasteiger charge is -2.32. The van der Waals surface area contributed by atoms with E-state index in [4.69, 9.17) is 4.74 Å². The van der Waals surface area contributed by atoms with E-state index in [9.17, 15) is 0 Å². The molecule has 2 heteroatoms. The smallest absolute Gasteiger partial charge is 0.0700 e. The first-order valence-electron chi connectivity index (χ1n) is 9.57. The van der Waals surface area contributed by atoms with Crippen molar-refractivity contribution in [2.24, 2.45) is 0 Å². The van der Waals surface area contributed by atoms with Gasteiger partial charge in [-0.15, -0.1) is 0 Å². The van der Waals surface area contributed by atoms with Crippen LogP contribution in [0.2, 0.25) is 0 Å². The van der Waals surface area contributed by atoms with Crippen LogP contribution >= 0.6 is 0 Å². The minimum absolute atomic E-state index is 0.327. The number of nitrogens with one attached hydrogen (secondary N) is 1. The molecule has 2 atom stereocenters. The van der Waals surface area contributed by atoms with Crippen LogP contribution in [-0.4, -0.2) is 24.8 Å². The molecule has 0 aromatic carbocycles. The number of ether oxygens (including phenoxy) is 1. The molecule has 0 amide bonds. The molecule has 0 saturated carbocycles. The fraction of sp³-hybridized carbons (Fsp3) is 1.00. The summed E-state index contributed by atoms with van der Waals surface area (Å²) in [5, 5.41) is 3.86. The van der Waals surface area contributed by atoms with Gasteiger partial charge in [0.2, 0.25) is 0 Å². The molecule has 1 fully saturated rings. The monoisotopic (exact) mass is 297 g/mol. The highest BCUT2D eigenvalue weighted by molar-refractivity contribution is 4.85. The summed E-state index contributed by atoms with van der Waals surface area (Å²) in [6, 6.07) is 0. The molecule has 1 rings (SSSR count). The molecular weight excluding hydrogens is 258 g/mol. The van der Waals surface area contributed by atoms with Gasteiger partial charge in [0.25, 0.3) is 0 Å². The molecule has 0 aliphatic carbocycles. The van der Waals surface area contributed by atoms with Crippen LogP contribution < -0.4 is 5.32 Å². The maximum Gasteiger partial charge on any atom is 0.0700 e. The Morgan fingerprint density at radius 1 is 0.952 bits per heavy atom. The van der Waals surface area contributed by atoms with Gasteiger partial charge < -0.3 is 10.1 Å². The third-order valence-electron chi connectivity index (χ3n) is 4.94. The lowest BCUT2D eigenvalue weighted by atomic mass is 9.88. The van der Waals surface area contributed by atoms with Crippen LogP contribution in [0.15, 0.2) is 0 Å². The average molecular weight is 298 g/mol. The Kier molecular flexibility index (Phi) is 10.4. The van der Waals surface area contributed by atoms with Crippen LogP contribution in [0.25, 0.3) is 0 Å². The van der Waals surface area contributed by atoms with E-state index >= 15 is 0 Å². The summed E-state index contributed by atoms with van der Waals surface area (Å²) in [4.78, 5) is 0. The van der Waals surface area contributed by atoms with Crippen molar-refractivity contribution in [3.05, 3.63) is 0 Å². The molecule has 0 aromatic rings. The normalized spacial score (nSPS) is 21.6. The fourth-order valence-corrected chi connectivity index (χ4v) is 3.35. The van der Waals surface area contributed by atoms with Gasteiger partial charge in [-0.05, 0) is 32.6 Å². The molecule has 1 heterocycles. The van der Waals surface area contributed by atoms with E-state index in [1.165, 1.54) is 77.0 Å². The number of hydrogen-bond acceptors (Lipinski definition) is 2. The van der Waals surface area contributed by atoms with E-state index in [1.807, 2.05) is 0 Å². The summed E-state index contributed by atoms with van der Waals surface area (Å²) < 4.78 is 5.77. The second-order valence-corrected chi connectivity index (χ2v) is 7.20. The predicted octanol–water partition coefficient (Wildman–Crippen LogP) is 5.45. The van der Waals surface area contributed by atoms with Crippen LogP contribution in [0, 0.1) is 0 Å². The quantitative estimate of drug-likeness (QED) is 0.456. The van der Waals surface area contributed by atoms with E-state index in [-0.39, 0.29) is 0 Å². The van der Waals surface area contributed by atoms with Gasteiger partial charge in [-0.25, -0.2) is 0 Å². The van der Waals surface area contributed by atoms with Crippen molar-refractivity contribution in [1.29, 1.82) is 0 Å². The first-order chi connectivity index (χ1) is 10.2. The SMILES string of the molecule is CCCCCCCC(C)(CCCCC)NC[C@H]1CCCO1. The molecule has 2 nitrogen and oxygen atoms in total. The predicted molar refractivity (Wildman–Crippen MR) is 92.9 cm³/mol. The Morgan fingerprint density at radius 3 is 2.19 bits per heavy atom. The molecule has 0 radical (unpaired) electrons. The number of rotatable bonds is 13. The van der Waals surface area contributed by atoms with Crippen LogP contribution in [0.5, 0.6) is 0 Å². The maximum atomic E-state index is 5.77. The molecule has 1 N–H and O–H groups in total. The van der Waals surface area contributed by atoms with Gasteiger partial charge in [0.05, 0.1) is 6.10 Å². The zero-order chi connectivity index (χ0) is 15.4. The third-order valence-corrected chi connectivity index (χ3v) is 4.94. The van der Waals surface area contributed by atoms with E-state index < -0.39 is 0 Å². The molecule has 21 heavy (non-hydrogen) atoms. The Morgan fingerprint density at radius 2 is 1.57 bits per heavy atom. The maximum absolute atomic E-state index is 5.77. The molecule has 1 aliphatic rings. The first kappa shape index (κ1) is 19.0. The standard InChI is InChI=1S/C19H39NO/c1-4-6-8-9-11-15-19(3,14-10-7-5-2)20-17-18-13-12-16-21-18/h18,20H,4-17H2,1-3H3/t18-,19?/m1/s1. The van der Waals surface area contributed by atoms with Gasteiger partial charge in [0, 0.05) is 18.7 Å². The van der Waals surface area contributed by atoms with Crippen molar-refractivity contribution >= 4 is 0 Å². The topological polar surface area (TPSA) is 21.3 Å². The van der Waals surface area contributed by atoms with Gasteiger partial charge in [-0.2, -0.15) is 0 Å². The van der Waals surface area contributed by atoms with Gasteiger partial charge in [0.15, 0.2) is 0 Å². The molecular formula is C19H39NO. The van der Waals surface area contributed by atoms with Crippen molar-refractivity contribution in [2.45, 2.75) is 109 Å². The molecule has 0 bridgehead atoms. The summed E-state index contributed by atoms with van der Waals surface area (Å²) in [6.45, 7) is 9.05. The summed E-state index contributed by atoms with van der Waals surface area (Å²) in [6.07, 6.45) is 16.6. The highest BCUT2D eigenvalue weighted by Crippen LogP contribution is 2.23. The lowest BCUT2D eigenvalue weighted by molar-refractivity contribution is 0.0990. The van der Waals surface area contributed by atoms with Crippen LogP contribution in [-0.2, 0) is 4.74 Å². The van der Waals surface area contributed by atoms with Crippen LogP contribution in [0.4, 0.5) is 0 Å². The molecule has 1 saturated heterocycles. The van der Waals surface area contributed by atoms with Gasteiger partial charge in [0.1, 0.15) is 0 Å². The Balaban J connectivity index is 2.28. The van der Waals surface area contributed by atoms with E-state index in [2.05, 4.69) is 26.1 Å². The summed E-state index contributed by atoms with van der Waals surface area (Å²) >= 11 is 0. The second kappa shape index (κ2) is 11.5. The largest absolute Gasteiger partial charge is 0.377 e. The molecule has 0 aromatic heterocycles. The average Bonchev–Trinajstić information content (AvgIpc) is 2.99. The summed E-state index contributed by atoms with van der Waals surface area (Å²) in [7, 11) is 0. The van der Waals surface area contributed by atoms with Crippen molar-refractivity contribution in [3.8, 4) is 0 Å². The van der Waals surface area contributed by atoms with Crippen molar-refractivity contribution in [2.75, 3.05) is 13.2 Å². The number of unbranched alkanes of at least 4 members (excludes halogenated alkanes) is 6. The minimum Gasteiger partial charge on any atom is -0.377 e. The van der Waals surface area contributed by atoms with E-state index in [0.717, 1.165) is 13.2 Å². The Bertz CT molecular complexity index is 238. The Hall–Kier alpha value is -0.0800.